The maximum atomic E-state index is 9.32. The molecule has 0 bridgehead atoms. The van der Waals surface area contributed by atoms with Gasteiger partial charge in [-0.2, -0.15) is 5.26 Å². The van der Waals surface area contributed by atoms with Gasteiger partial charge in [0.25, 0.3) is 0 Å². The molecule has 1 saturated carbocycles. The zero-order valence-electron chi connectivity index (χ0n) is 18.5. The Morgan fingerprint density at radius 3 is 2.84 bits per heavy atom. The van der Waals surface area contributed by atoms with E-state index in [-0.39, 0.29) is 0 Å². The second-order valence-electron chi connectivity index (χ2n) is 8.97. The van der Waals surface area contributed by atoms with E-state index in [1.54, 1.807) is 13.2 Å². The summed E-state index contributed by atoms with van der Waals surface area (Å²) in [6, 6.07) is 14.1. The fourth-order valence-electron chi connectivity index (χ4n) is 5.08. The second-order valence-corrected chi connectivity index (χ2v) is 8.97. The lowest BCUT2D eigenvalue weighted by Gasteiger charge is -2.30. The molecule has 0 amide bonds. The van der Waals surface area contributed by atoms with Crippen molar-refractivity contribution in [2.24, 2.45) is 5.92 Å². The number of nitrogens with zero attached hydrogens (tertiary/aromatic N) is 2. The SMILES string of the molecule is COc1ccc([C@H]2CNC[C@H](Cc3nc4c(C#N)cccc4o3)C2)cc1OC1CCCC1. The lowest BCUT2D eigenvalue weighted by molar-refractivity contribution is 0.200. The van der Waals surface area contributed by atoms with Crippen LogP contribution in [0.15, 0.2) is 40.8 Å². The van der Waals surface area contributed by atoms with E-state index >= 15 is 0 Å². The number of fused-ring (bicyclic) bond motifs is 1. The van der Waals surface area contributed by atoms with Crippen LogP contribution in [0.5, 0.6) is 11.5 Å². The molecule has 2 aromatic carbocycles. The van der Waals surface area contributed by atoms with Crippen molar-refractivity contribution >= 4 is 11.1 Å². The summed E-state index contributed by atoms with van der Waals surface area (Å²) < 4.78 is 17.8. The molecule has 0 spiro atoms. The summed E-state index contributed by atoms with van der Waals surface area (Å²) in [4.78, 5) is 4.62. The highest BCUT2D eigenvalue weighted by Gasteiger charge is 2.26. The monoisotopic (exact) mass is 431 g/mol. The number of piperidine rings is 1. The zero-order valence-corrected chi connectivity index (χ0v) is 18.5. The van der Waals surface area contributed by atoms with Gasteiger partial charge in [-0.25, -0.2) is 4.98 Å². The number of para-hydroxylation sites is 1. The first kappa shape index (κ1) is 20.8. The molecule has 32 heavy (non-hydrogen) atoms. The smallest absolute Gasteiger partial charge is 0.195 e. The van der Waals surface area contributed by atoms with Gasteiger partial charge >= 0.3 is 0 Å². The van der Waals surface area contributed by atoms with Gasteiger partial charge in [0.15, 0.2) is 23.0 Å². The molecule has 1 aliphatic carbocycles. The maximum Gasteiger partial charge on any atom is 0.195 e. The summed E-state index contributed by atoms with van der Waals surface area (Å²) in [5.41, 5.74) is 3.18. The van der Waals surface area contributed by atoms with E-state index < -0.39 is 0 Å². The Labute approximate surface area is 188 Å². The number of methoxy groups -OCH3 is 1. The number of rotatable bonds is 6. The summed E-state index contributed by atoms with van der Waals surface area (Å²) in [7, 11) is 1.70. The Morgan fingerprint density at radius 1 is 1.16 bits per heavy atom. The van der Waals surface area contributed by atoms with Gasteiger partial charge in [-0.3, -0.25) is 0 Å². The average molecular weight is 432 g/mol. The molecule has 0 radical (unpaired) electrons. The topological polar surface area (TPSA) is 80.3 Å². The summed E-state index contributed by atoms with van der Waals surface area (Å²) in [5, 5.41) is 12.9. The summed E-state index contributed by atoms with van der Waals surface area (Å²) in [6.07, 6.45) is 6.83. The van der Waals surface area contributed by atoms with Crippen LogP contribution < -0.4 is 14.8 Å². The molecule has 6 heteroatoms. The molecular formula is C26H29N3O3. The van der Waals surface area contributed by atoms with Gasteiger partial charge in [0.1, 0.15) is 11.6 Å². The lowest BCUT2D eigenvalue weighted by atomic mass is 9.84. The van der Waals surface area contributed by atoms with Crippen molar-refractivity contribution < 1.29 is 13.9 Å². The van der Waals surface area contributed by atoms with Crippen molar-refractivity contribution in [2.45, 2.75) is 50.5 Å². The van der Waals surface area contributed by atoms with E-state index in [4.69, 9.17) is 13.9 Å². The first-order valence-corrected chi connectivity index (χ1v) is 11.6. The Kier molecular flexibility index (Phi) is 6.00. The molecule has 3 aromatic rings. The number of benzene rings is 2. The fraction of sp³-hybridized carbons (Fsp3) is 0.462. The van der Waals surface area contributed by atoms with Crippen LogP contribution in [0.4, 0.5) is 0 Å². The second kappa shape index (κ2) is 9.22. The van der Waals surface area contributed by atoms with Crippen molar-refractivity contribution in [3.63, 3.8) is 0 Å². The molecule has 1 aliphatic heterocycles. The van der Waals surface area contributed by atoms with Gasteiger partial charge in [0.05, 0.1) is 18.8 Å². The van der Waals surface area contributed by atoms with Gasteiger partial charge in [0.2, 0.25) is 0 Å². The minimum absolute atomic E-state index is 0.300. The van der Waals surface area contributed by atoms with E-state index in [0.717, 1.165) is 50.3 Å². The highest BCUT2D eigenvalue weighted by Crippen LogP contribution is 2.37. The van der Waals surface area contributed by atoms with Crippen LogP contribution in [0.2, 0.25) is 0 Å². The Hall–Kier alpha value is -3.04. The third kappa shape index (κ3) is 4.31. The first-order valence-electron chi connectivity index (χ1n) is 11.6. The predicted octanol–water partition coefficient (Wildman–Crippen LogP) is 4.97. The molecule has 2 aliphatic rings. The van der Waals surface area contributed by atoms with E-state index in [9.17, 15) is 5.26 Å². The number of oxazole rings is 1. The molecule has 2 atom stereocenters. The van der Waals surface area contributed by atoms with Crippen molar-refractivity contribution in [3.8, 4) is 17.6 Å². The average Bonchev–Trinajstić information content (AvgIpc) is 3.48. The Balaban J connectivity index is 1.31. The zero-order chi connectivity index (χ0) is 21.9. The van der Waals surface area contributed by atoms with Crippen molar-refractivity contribution in [1.82, 2.24) is 10.3 Å². The van der Waals surface area contributed by atoms with Crippen LogP contribution in [0.3, 0.4) is 0 Å². The molecular weight excluding hydrogens is 402 g/mol. The predicted molar refractivity (Wildman–Crippen MR) is 122 cm³/mol. The van der Waals surface area contributed by atoms with Gasteiger partial charge < -0.3 is 19.2 Å². The Morgan fingerprint density at radius 2 is 2.03 bits per heavy atom. The van der Waals surface area contributed by atoms with Crippen LogP contribution in [-0.2, 0) is 6.42 Å². The van der Waals surface area contributed by atoms with E-state index in [2.05, 4.69) is 28.5 Å². The molecule has 5 rings (SSSR count). The summed E-state index contributed by atoms with van der Waals surface area (Å²) in [5.74, 6) is 3.18. The van der Waals surface area contributed by atoms with Crippen LogP contribution in [-0.4, -0.2) is 31.3 Å². The van der Waals surface area contributed by atoms with Crippen LogP contribution in [0, 0.1) is 17.2 Å². The van der Waals surface area contributed by atoms with Crippen LogP contribution in [0.1, 0.15) is 55.0 Å². The number of hydrogen-bond acceptors (Lipinski definition) is 6. The first-order chi connectivity index (χ1) is 15.7. The molecule has 6 nitrogen and oxygen atoms in total. The number of nitrogens with one attached hydrogen (secondary N) is 1. The number of aromatic nitrogens is 1. The quantitative estimate of drug-likeness (QED) is 0.594. The number of nitriles is 1. The van der Waals surface area contributed by atoms with Crippen molar-refractivity contribution in [2.75, 3.05) is 20.2 Å². The molecule has 1 aromatic heterocycles. The molecule has 0 unspecified atom stereocenters. The molecule has 1 saturated heterocycles. The Bertz CT molecular complexity index is 1130. The molecule has 2 heterocycles. The molecule has 1 N–H and O–H groups in total. The van der Waals surface area contributed by atoms with Crippen molar-refractivity contribution in [1.29, 1.82) is 5.26 Å². The minimum Gasteiger partial charge on any atom is -0.493 e. The third-order valence-corrected chi connectivity index (χ3v) is 6.74. The molecule has 166 valence electrons. The van der Waals surface area contributed by atoms with Crippen LogP contribution >= 0.6 is 0 Å². The fourth-order valence-corrected chi connectivity index (χ4v) is 5.08. The normalized spacial score (nSPS) is 21.5. The summed E-state index contributed by atoms with van der Waals surface area (Å²) >= 11 is 0. The highest BCUT2D eigenvalue weighted by atomic mass is 16.5. The van der Waals surface area contributed by atoms with E-state index in [0.29, 0.717) is 40.5 Å². The van der Waals surface area contributed by atoms with Gasteiger partial charge in [-0.15, -0.1) is 0 Å². The molecule has 2 fully saturated rings. The van der Waals surface area contributed by atoms with Crippen molar-refractivity contribution in [3.05, 3.63) is 53.4 Å². The highest BCUT2D eigenvalue weighted by molar-refractivity contribution is 5.79. The third-order valence-electron chi connectivity index (χ3n) is 6.74. The number of hydrogen-bond donors (Lipinski definition) is 1. The maximum absolute atomic E-state index is 9.32. The van der Waals surface area contributed by atoms with Gasteiger partial charge in [0, 0.05) is 13.0 Å². The van der Waals surface area contributed by atoms with Gasteiger partial charge in [-0.1, -0.05) is 12.1 Å². The van der Waals surface area contributed by atoms with Crippen LogP contribution in [0.25, 0.3) is 11.1 Å². The standard InChI is InChI=1S/C26H29N3O3/c1-30-22-10-9-18(13-24(22)31-21-6-2-3-7-21)20-11-17(15-28-16-20)12-25-29-26-19(14-27)5-4-8-23(26)32-25/h4-5,8-10,13,17,20-21,28H,2-3,6-7,11-12,15-16H2,1H3/t17-,20+/m0/s1. The number of ether oxygens (including phenoxy) is 2. The van der Waals surface area contributed by atoms with E-state index in [1.807, 2.05) is 18.2 Å². The largest absolute Gasteiger partial charge is 0.493 e. The van der Waals surface area contributed by atoms with E-state index in [1.165, 1.54) is 18.4 Å². The van der Waals surface area contributed by atoms with Gasteiger partial charge in [-0.05, 0) is 80.3 Å². The minimum atomic E-state index is 0.300. The summed E-state index contributed by atoms with van der Waals surface area (Å²) in [6.45, 7) is 1.87. The lowest BCUT2D eigenvalue weighted by Crippen LogP contribution is -2.36.